The predicted molar refractivity (Wildman–Crippen MR) is 100 cm³/mol. The summed E-state index contributed by atoms with van der Waals surface area (Å²) < 4.78 is 0. The first kappa shape index (κ1) is 18.6. The van der Waals surface area contributed by atoms with Crippen LogP contribution in [0.1, 0.15) is 57.4 Å². The van der Waals surface area contributed by atoms with E-state index >= 15 is 0 Å². The molecule has 1 saturated heterocycles. The summed E-state index contributed by atoms with van der Waals surface area (Å²) >= 11 is 0. The highest BCUT2D eigenvalue weighted by Gasteiger charge is 2.47. The number of unbranched alkanes of at least 4 members (excludes halogenated alkanes) is 1. The Hall–Kier alpha value is -2.17. The van der Waals surface area contributed by atoms with E-state index in [1.807, 2.05) is 24.3 Å². The molecular formula is C21H28N2O3. The topological polar surface area (TPSA) is 66.5 Å². The standard InChI is InChI=1S/C21H28N2O3/c1-2-3-6-15-9-11-16(12-10-15)22-19(24)13-14-23-20(25)17-7-4-5-8-18(17)21(23)26/h9-12,17-18H,2-8,13-14H2,1H3,(H,22,24)/t17-,18+. The Morgan fingerprint density at radius 1 is 1.08 bits per heavy atom. The first-order valence-corrected chi connectivity index (χ1v) is 9.84. The Balaban J connectivity index is 1.49. The SMILES string of the molecule is CCCCc1ccc(NC(=O)CCN2C(=O)[C@H]3CCCC[C@H]3C2=O)cc1. The van der Waals surface area contributed by atoms with Crippen molar-refractivity contribution in [2.24, 2.45) is 11.8 Å². The van der Waals surface area contributed by atoms with Gasteiger partial charge in [-0.2, -0.15) is 0 Å². The lowest BCUT2D eigenvalue weighted by Crippen LogP contribution is -2.34. The number of carbonyl (C=O) groups excluding carboxylic acids is 3. The third kappa shape index (κ3) is 4.14. The van der Waals surface area contributed by atoms with Crippen LogP contribution in [0.2, 0.25) is 0 Å². The summed E-state index contributed by atoms with van der Waals surface area (Å²) in [5.74, 6) is -0.604. The third-order valence-electron chi connectivity index (χ3n) is 5.55. The maximum Gasteiger partial charge on any atom is 0.233 e. The fraction of sp³-hybridized carbons (Fsp3) is 0.571. The molecule has 3 rings (SSSR count). The molecule has 5 heteroatoms. The summed E-state index contributed by atoms with van der Waals surface area (Å²) in [6, 6.07) is 7.88. The van der Waals surface area contributed by atoms with Crippen molar-refractivity contribution >= 4 is 23.4 Å². The van der Waals surface area contributed by atoms with Gasteiger partial charge in [0.15, 0.2) is 0 Å². The van der Waals surface area contributed by atoms with Crippen LogP contribution in [0.15, 0.2) is 24.3 Å². The second kappa shape index (κ2) is 8.47. The lowest BCUT2D eigenvalue weighted by Gasteiger charge is -2.19. The molecule has 0 unspecified atom stereocenters. The molecule has 26 heavy (non-hydrogen) atoms. The largest absolute Gasteiger partial charge is 0.326 e. The van der Waals surface area contributed by atoms with E-state index in [-0.39, 0.29) is 42.5 Å². The number of hydrogen-bond donors (Lipinski definition) is 1. The number of benzene rings is 1. The van der Waals surface area contributed by atoms with Crippen LogP contribution in [0.3, 0.4) is 0 Å². The van der Waals surface area contributed by atoms with E-state index in [1.165, 1.54) is 10.5 Å². The maximum atomic E-state index is 12.4. The number of amides is 3. The Kier molecular flexibility index (Phi) is 6.07. The second-order valence-corrected chi connectivity index (χ2v) is 7.42. The zero-order chi connectivity index (χ0) is 18.5. The average Bonchev–Trinajstić information content (AvgIpc) is 2.90. The van der Waals surface area contributed by atoms with E-state index in [0.29, 0.717) is 0 Å². The van der Waals surface area contributed by atoms with Gasteiger partial charge in [-0.1, -0.05) is 38.3 Å². The molecule has 2 aliphatic rings. The predicted octanol–water partition coefficient (Wildman–Crippen LogP) is 3.53. The Morgan fingerprint density at radius 3 is 2.27 bits per heavy atom. The summed E-state index contributed by atoms with van der Waals surface area (Å²) in [6.07, 6.45) is 7.16. The Labute approximate surface area is 155 Å². The van der Waals surface area contributed by atoms with E-state index < -0.39 is 0 Å². The monoisotopic (exact) mass is 356 g/mol. The summed E-state index contributed by atoms with van der Waals surface area (Å²) in [5, 5.41) is 2.85. The molecule has 1 aliphatic carbocycles. The summed E-state index contributed by atoms with van der Waals surface area (Å²) in [6.45, 7) is 2.35. The van der Waals surface area contributed by atoms with E-state index in [1.54, 1.807) is 0 Å². The van der Waals surface area contributed by atoms with Crippen molar-refractivity contribution in [3.05, 3.63) is 29.8 Å². The molecular weight excluding hydrogens is 328 g/mol. The van der Waals surface area contributed by atoms with Crippen molar-refractivity contribution in [3.63, 3.8) is 0 Å². The number of hydrogen-bond acceptors (Lipinski definition) is 3. The number of aryl methyl sites for hydroxylation is 1. The Morgan fingerprint density at radius 2 is 1.69 bits per heavy atom. The van der Waals surface area contributed by atoms with Crippen LogP contribution in [0.5, 0.6) is 0 Å². The second-order valence-electron chi connectivity index (χ2n) is 7.42. The number of fused-ring (bicyclic) bond motifs is 1. The minimum atomic E-state index is -0.165. The molecule has 1 aliphatic heterocycles. The van der Waals surface area contributed by atoms with Gasteiger partial charge < -0.3 is 5.32 Å². The fourth-order valence-electron chi connectivity index (χ4n) is 4.02. The van der Waals surface area contributed by atoms with Gasteiger partial charge in [0.1, 0.15) is 0 Å². The minimum absolute atomic E-state index is 0.0761. The van der Waals surface area contributed by atoms with Crippen LogP contribution >= 0.6 is 0 Å². The van der Waals surface area contributed by atoms with Gasteiger partial charge in [-0.15, -0.1) is 0 Å². The first-order chi connectivity index (χ1) is 12.6. The van der Waals surface area contributed by atoms with Crippen LogP contribution in [0.4, 0.5) is 5.69 Å². The van der Waals surface area contributed by atoms with Gasteiger partial charge in [-0.25, -0.2) is 0 Å². The first-order valence-electron chi connectivity index (χ1n) is 9.84. The fourth-order valence-corrected chi connectivity index (χ4v) is 4.02. The lowest BCUT2D eigenvalue weighted by molar-refractivity contribution is -0.140. The Bertz CT molecular complexity index is 644. The van der Waals surface area contributed by atoms with Crippen molar-refractivity contribution in [3.8, 4) is 0 Å². The van der Waals surface area contributed by atoms with Crippen molar-refractivity contribution < 1.29 is 14.4 Å². The van der Waals surface area contributed by atoms with E-state index in [0.717, 1.165) is 50.6 Å². The number of carbonyl (C=O) groups is 3. The molecule has 140 valence electrons. The van der Waals surface area contributed by atoms with Gasteiger partial charge in [0.2, 0.25) is 17.7 Å². The van der Waals surface area contributed by atoms with Crippen LogP contribution in [0, 0.1) is 11.8 Å². The van der Waals surface area contributed by atoms with E-state index in [4.69, 9.17) is 0 Å². The van der Waals surface area contributed by atoms with Crippen LogP contribution in [-0.2, 0) is 20.8 Å². The number of rotatable bonds is 7. The molecule has 1 N–H and O–H groups in total. The molecule has 5 nitrogen and oxygen atoms in total. The quantitative estimate of drug-likeness (QED) is 0.760. The molecule has 1 saturated carbocycles. The van der Waals surface area contributed by atoms with Crippen LogP contribution < -0.4 is 5.32 Å². The molecule has 2 fully saturated rings. The molecule has 0 bridgehead atoms. The van der Waals surface area contributed by atoms with Crippen molar-refractivity contribution in [1.82, 2.24) is 4.90 Å². The summed E-state index contributed by atoms with van der Waals surface area (Å²) in [7, 11) is 0. The molecule has 1 aromatic carbocycles. The minimum Gasteiger partial charge on any atom is -0.326 e. The number of imide groups is 1. The van der Waals surface area contributed by atoms with E-state index in [2.05, 4.69) is 12.2 Å². The number of nitrogens with zero attached hydrogens (tertiary/aromatic N) is 1. The lowest BCUT2D eigenvalue weighted by atomic mass is 9.81. The zero-order valence-corrected chi connectivity index (χ0v) is 15.5. The van der Waals surface area contributed by atoms with Gasteiger partial charge in [0.25, 0.3) is 0 Å². The van der Waals surface area contributed by atoms with Crippen molar-refractivity contribution in [1.29, 1.82) is 0 Å². The van der Waals surface area contributed by atoms with E-state index in [9.17, 15) is 14.4 Å². The van der Waals surface area contributed by atoms with Gasteiger partial charge in [-0.05, 0) is 43.4 Å². The molecule has 1 aromatic rings. The van der Waals surface area contributed by atoms with Gasteiger partial charge in [-0.3, -0.25) is 19.3 Å². The molecule has 1 heterocycles. The zero-order valence-electron chi connectivity index (χ0n) is 15.5. The highest BCUT2D eigenvalue weighted by atomic mass is 16.2. The summed E-state index contributed by atoms with van der Waals surface area (Å²) in [5.41, 5.74) is 2.02. The van der Waals surface area contributed by atoms with Gasteiger partial charge in [0, 0.05) is 18.7 Å². The normalized spacial score (nSPS) is 22.4. The maximum absolute atomic E-state index is 12.4. The van der Waals surface area contributed by atoms with Gasteiger partial charge >= 0.3 is 0 Å². The van der Waals surface area contributed by atoms with Crippen molar-refractivity contribution in [2.75, 3.05) is 11.9 Å². The number of likely N-dealkylation sites (tertiary alicyclic amines) is 1. The van der Waals surface area contributed by atoms with Crippen molar-refractivity contribution in [2.45, 2.75) is 58.3 Å². The van der Waals surface area contributed by atoms with Gasteiger partial charge in [0.05, 0.1) is 11.8 Å². The third-order valence-corrected chi connectivity index (χ3v) is 5.55. The highest BCUT2D eigenvalue weighted by molar-refractivity contribution is 6.05. The molecule has 0 aromatic heterocycles. The highest BCUT2D eigenvalue weighted by Crippen LogP contribution is 2.37. The van der Waals surface area contributed by atoms with Crippen LogP contribution in [0.25, 0.3) is 0 Å². The smallest absolute Gasteiger partial charge is 0.233 e. The summed E-state index contributed by atoms with van der Waals surface area (Å²) in [4.78, 5) is 38.3. The molecule has 0 radical (unpaired) electrons. The number of nitrogens with one attached hydrogen (secondary N) is 1. The average molecular weight is 356 g/mol. The number of anilines is 1. The molecule has 0 spiro atoms. The van der Waals surface area contributed by atoms with Crippen LogP contribution in [-0.4, -0.2) is 29.2 Å². The molecule has 3 amide bonds. The molecule has 2 atom stereocenters.